The summed E-state index contributed by atoms with van der Waals surface area (Å²) < 4.78 is 0. The molecule has 0 rings (SSSR count). The zero-order chi connectivity index (χ0) is 6.41. The molecule has 1 N–H and O–H groups in total. The van der Waals surface area contributed by atoms with Crippen molar-refractivity contribution in [2.24, 2.45) is 4.99 Å². The highest BCUT2D eigenvalue weighted by molar-refractivity contribution is 5.79. The Bertz CT molecular complexity index is 151. The van der Waals surface area contributed by atoms with Crippen LogP contribution in [0.25, 0.3) is 0 Å². The largest absolute Gasteiger partial charge is 0.478 e. The first-order valence-corrected chi connectivity index (χ1v) is 1.74. The first-order valence-electron chi connectivity index (χ1n) is 1.74. The Morgan fingerprint density at radius 1 is 1.75 bits per heavy atom. The zero-order valence-electron chi connectivity index (χ0n) is 3.87. The van der Waals surface area contributed by atoms with Gasteiger partial charge in [-0.1, -0.05) is 0 Å². The minimum absolute atomic E-state index is 0.741. The number of hydrogen-bond donors (Lipinski definition) is 1. The van der Waals surface area contributed by atoms with E-state index in [1.807, 2.05) is 0 Å². The highest BCUT2D eigenvalue weighted by Crippen LogP contribution is 1.70. The molecule has 42 valence electrons. The molecule has 0 bridgehead atoms. The molecule has 0 aliphatic heterocycles. The zero-order valence-corrected chi connectivity index (χ0v) is 3.87. The van der Waals surface area contributed by atoms with Gasteiger partial charge in [-0.15, -0.1) is 0 Å². The number of isocyanates is 1. The van der Waals surface area contributed by atoms with E-state index in [2.05, 4.69) is 4.99 Å². The van der Waals surface area contributed by atoms with Gasteiger partial charge in [0.15, 0.2) is 0 Å². The van der Waals surface area contributed by atoms with Gasteiger partial charge in [-0.05, 0) is 0 Å². The van der Waals surface area contributed by atoms with Gasteiger partial charge in [-0.25, -0.2) is 9.59 Å². The standard InChI is InChI=1S/C4H3NO3/c6-3-5-2-1-4(7)8/h1-2H,(H,7,8). The van der Waals surface area contributed by atoms with E-state index in [4.69, 9.17) is 5.11 Å². The van der Waals surface area contributed by atoms with Crippen molar-refractivity contribution < 1.29 is 14.7 Å². The van der Waals surface area contributed by atoms with E-state index in [-0.39, 0.29) is 0 Å². The average molecular weight is 113 g/mol. The number of aliphatic carboxylic acids is 1. The first-order chi connectivity index (χ1) is 3.77. The Balaban J connectivity index is 3.67. The van der Waals surface area contributed by atoms with Crippen LogP contribution in [0.3, 0.4) is 0 Å². The molecule has 0 saturated carbocycles. The van der Waals surface area contributed by atoms with Crippen molar-refractivity contribution in [3.8, 4) is 0 Å². The van der Waals surface area contributed by atoms with Crippen LogP contribution in [-0.2, 0) is 9.59 Å². The number of rotatable bonds is 2. The normalized spacial score (nSPS) is 8.50. The second-order valence-electron chi connectivity index (χ2n) is 0.874. The van der Waals surface area contributed by atoms with E-state index in [0.29, 0.717) is 0 Å². The van der Waals surface area contributed by atoms with Crippen LogP contribution in [0, 0.1) is 0 Å². The molecule has 0 radical (unpaired) electrons. The topological polar surface area (TPSA) is 66.7 Å². The number of nitrogens with zero attached hydrogens (tertiary/aromatic N) is 1. The van der Waals surface area contributed by atoms with Crippen LogP contribution in [0.1, 0.15) is 0 Å². The van der Waals surface area contributed by atoms with Gasteiger partial charge in [0.25, 0.3) is 0 Å². The Kier molecular flexibility index (Phi) is 3.10. The quantitative estimate of drug-likeness (QED) is 0.309. The van der Waals surface area contributed by atoms with Crippen LogP contribution < -0.4 is 0 Å². The van der Waals surface area contributed by atoms with Gasteiger partial charge < -0.3 is 5.11 Å². The molecule has 0 fully saturated rings. The van der Waals surface area contributed by atoms with E-state index in [9.17, 15) is 9.59 Å². The molecular weight excluding hydrogens is 110 g/mol. The summed E-state index contributed by atoms with van der Waals surface area (Å²) in [6, 6.07) is 0. The molecule has 0 unspecified atom stereocenters. The number of aliphatic imine (C=N–C) groups is 1. The van der Waals surface area contributed by atoms with Crippen molar-refractivity contribution in [2.75, 3.05) is 0 Å². The molecular formula is C4H3NO3. The number of carboxylic acid groups (broad SMARTS) is 1. The fourth-order valence-corrected chi connectivity index (χ4v) is 0.131. The van der Waals surface area contributed by atoms with Crippen LogP contribution in [0.2, 0.25) is 0 Å². The summed E-state index contributed by atoms with van der Waals surface area (Å²) in [4.78, 5) is 21.7. The van der Waals surface area contributed by atoms with Gasteiger partial charge >= 0.3 is 5.97 Å². The van der Waals surface area contributed by atoms with E-state index >= 15 is 0 Å². The van der Waals surface area contributed by atoms with Crippen molar-refractivity contribution in [2.45, 2.75) is 0 Å². The van der Waals surface area contributed by atoms with Gasteiger partial charge in [-0.3, -0.25) is 0 Å². The molecule has 4 nitrogen and oxygen atoms in total. The third-order valence-corrected chi connectivity index (χ3v) is 0.344. The Hall–Kier alpha value is -1.41. The van der Waals surface area contributed by atoms with Crippen LogP contribution in [0.15, 0.2) is 17.3 Å². The average Bonchev–Trinajstić information content (AvgIpc) is 1.66. The fourth-order valence-electron chi connectivity index (χ4n) is 0.131. The SMILES string of the molecule is O=C=NC=CC(=O)O. The van der Waals surface area contributed by atoms with Crippen molar-refractivity contribution in [1.29, 1.82) is 0 Å². The summed E-state index contributed by atoms with van der Waals surface area (Å²) in [6.07, 6.45) is 2.75. The van der Waals surface area contributed by atoms with Crippen molar-refractivity contribution >= 4 is 12.0 Å². The summed E-state index contributed by atoms with van der Waals surface area (Å²) in [5, 5.41) is 7.86. The van der Waals surface area contributed by atoms with Crippen molar-refractivity contribution in [1.82, 2.24) is 0 Å². The number of hydrogen-bond acceptors (Lipinski definition) is 3. The number of carboxylic acids is 1. The third-order valence-electron chi connectivity index (χ3n) is 0.344. The van der Waals surface area contributed by atoms with Crippen LogP contribution in [0.4, 0.5) is 0 Å². The second kappa shape index (κ2) is 3.77. The highest BCUT2D eigenvalue weighted by atomic mass is 16.4. The molecule has 0 atom stereocenters. The van der Waals surface area contributed by atoms with E-state index in [0.717, 1.165) is 18.4 Å². The lowest BCUT2D eigenvalue weighted by molar-refractivity contribution is -0.131. The summed E-state index contributed by atoms with van der Waals surface area (Å²) in [6.45, 7) is 0. The molecule has 0 aliphatic carbocycles. The summed E-state index contributed by atoms with van der Waals surface area (Å²) in [5.41, 5.74) is 0. The van der Waals surface area contributed by atoms with Crippen LogP contribution in [0.5, 0.6) is 0 Å². The van der Waals surface area contributed by atoms with Gasteiger partial charge in [0.1, 0.15) is 0 Å². The Morgan fingerprint density at radius 2 is 2.38 bits per heavy atom. The summed E-state index contributed by atoms with van der Waals surface area (Å²) in [7, 11) is 0. The molecule has 0 aromatic rings. The predicted octanol–water partition coefficient (Wildman–Crippen LogP) is -0.0795. The smallest absolute Gasteiger partial charge is 0.329 e. The minimum atomic E-state index is -1.14. The van der Waals surface area contributed by atoms with E-state index in [1.165, 1.54) is 0 Å². The van der Waals surface area contributed by atoms with E-state index < -0.39 is 5.97 Å². The number of carbonyl (C=O) groups is 1. The second-order valence-corrected chi connectivity index (χ2v) is 0.874. The van der Waals surface area contributed by atoms with Gasteiger partial charge in [-0.2, -0.15) is 4.99 Å². The maximum atomic E-state index is 9.60. The molecule has 0 saturated heterocycles. The predicted molar refractivity (Wildman–Crippen MR) is 24.9 cm³/mol. The summed E-state index contributed by atoms with van der Waals surface area (Å²) >= 11 is 0. The van der Waals surface area contributed by atoms with Crippen LogP contribution >= 0.6 is 0 Å². The van der Waals surface area contributed by atoms with Crippen LogP contribution in [-0.4, -0.2) is 17.2 Å². The molecule has 0 amide bonds. The monoisotopic (exact) mass is 113 g/mol. The molecule has 0 aromatic heterocycles. The lowest BCUT2D eigenvalue weighted by Gasteiger charge is -1.69. The molecule has 0 aromatic carbocycles. The summed E-state index contributed by atoms with van der Waals surface area (Å²) in [5.74, 6) is -1.14. The maximum absolute atomic E-state index is 9.60. The Morgan fingerprint density at radius 3 is 2.75 bits per heavy atom. The first kappa shape index (κ1) is 6.59. The Labute approximate surface area is 45.2 Å². The minimum Gasteiger partial charge on any atom is -0.478 e. The maximum Gasteiger partial charge on any atom is 0.329 e. The molecule has 0 heterocycles. The van der Waals surface area contributed by atoms with Gasteiger partial charge in [0, 0.05) is 12.3 Å². The lowest BCUT2D eigenvalue weighted by Crippen LogP contribution is -1.84. The molecule has 0 spiro atoms. The highest BCUT2D eigenvalue weighted by Gasteiger charge is 1.79. The van der Waals surface area contributed by atoms with Crippen molar-refractivity contribution in [3.05, 3.63) is 12.3 Å². The molecule has 4 heteroatoms. The third kappa shape index (κ3) is 4.59. The molecule has 8 heavy (non-hydrogen) atoms. The number of carbonyl (C=O) groups excluding carboxylic acids is 1. The fraction of sp³-hybridized carbons (Fsp3) is 0. The van der Waals surface area contributed by atoms with Crippen molar-refractivity contribution in [3.63, 3.8) is 0 Å². The lowest BCUT2D eigenvalue weighted by atomic mass is 10.6. The van der Waals surface area contributed by atoms with Gasteiger partial charge in [0.2, 0.25) is 6.08 Å². The van der Waals surface area contributed by atoms with E-state index in [1.54, 1.807) is 0 Å². The molecule has 0 aliphatic rings. The van der Waals surface area contributed by atoms with Gasteiger partial charge in [0.05, 0.1) is 0 Å².